The molecule has 0 aromatic carbocycles. The molecule has 21 heavy (non-hydrogen) atoms. The summed E-state index contributed by atoms with van der Waals surface area (Å²) in [6, 6.07) is 0. The lowest BCUT2D eigenvalue weighted by atomic mass is 10.0. The average molecular weight is 292 g/mol. The van der Waals surface area contributed by atoms with Crippen molar-refractivity contribution in [3.05, 3.63) is 11.9 Å². The summed E-state index contributed by atoms with van der Waals surface area (Å²) in [7, 11) is 0. The van der Waals surface area contributed by atoms with Gasteiger partial charge in [-0.3, -0.25) is 0 Å². The summed E-state index contributed by atoms with van der Waals surface area (Å²) in [4.78, 5) is 11.4. The zero-order valence-electron chi connectivity index (χ0n) is 14.4. The lowest BCUT2D eigenvalue weighted by Gasteiger charge is -2.28. The molecule has 1 aromatic rings. The Balaban J connectivity index is 3.02. The van der Waals surface area contributed by atoms with Crippen molar-refractivity contribution in [1.82, 2.24) is 9.97 Å². The Hall–Kier alpha value is -1.32. The van der Waals surface area contributed by atoms with E-state index in [2.05, 4.69) is 54.8 Å². The molecule has 0 unspecified atom stereocenters. The second kappa shape index (κ2) is 9.59. The van der Waals surface area contributed by atoms with Gasteiger partial charge in [0.2, 0.25) is 0 Å². The molecule has 1 heterocycles. The van der Waals surface area contributed by atoms with E-state index in [0.29, 0.717) is 0 Å². The third kappa shape index (κ3) is 4.87. The molecular formula is C17H32N4. The lowest BCUT2D eigenvalue weighted by molar-refractivity contribution is 0.484. The molecule has 0 saturated carbocycles. The van der Waals surface area contributed by atoms with Gasteiger partial charge in [0.25, 0.3) is 0 Å². The molecule has 0 aliphatic carbocycles. The first-order valence-electron chi connectivity index (χ1n) is 8.54. The number of rotatable bonds is 10. The molecule has 0 amide bonds. The smallest absolute Gasteiger partial charge is 0.137 e. The van der Waals surface area contributed by atoms with Crippen LogP contribution in [0.5, 0.6) is 0 Å². The first-order valence-corrected chi connectivity index (χ1v) is 8.54. The molecule has 0 bridgehead atoms. The Kier molecular flexibility index (Phi) is 8.09. The summed E-state index contributed by atoms with van der Waals surface area (Å²) in [5, 5.41) is 3.44. The van der Waals surface area contributed by atoms with Crippen LogP contribution in [0.25, 0.3) is 0 Å². The topological polar surface area (TPSA) is 41.1 Å². The van der Waals surface area contributed by atoms with E-state index in [1.54, 1.807) is 6.33 Å². The molecular weight excluding hydrogens is 260 g/mol. The molecule has 0 aliphatic rings. The number of anilines is 2. The second-order valence-corrected chi connectivity index (χ2v) is 5.53. The van der Waals surface area contributed by atoms with Crippen molar-refractivity contribution in [3.8, 4) is 0 Å². The van der Waals surface area contributed by atoms with E-state index in [-0.39, 0.29) is 0 Å². The summed E-state index contributed by atoms with van der Waals surface area (Å²) in [5.74, 6) is 2.85. The minimum absolute atomic E-state index is 0.733. The van der Waals surface area contributed by atoms with Gasteiger partial charge in [0, 0.05) is 25.2 Å². The molecule has 1 N–H and O–H groups in total. The summed E-state index contributed by atoms with van der Waals surface area (Å²) < 4.78 is 0. The number of aromatic nitrogens is 2. The summed E-state index contributed by atoms with van der Waals surface area (Å²) in [5.41, 5.74) is 1.25. The fourth-order valence-electron chi connectivity index (χ4n) is 2.62. The number of nitrogens with one attached hydrogen (secondary N) is 1. The van der Waals surface area contributed by atoms with Crippen LogP contribution >= 0.6 is 0 Å². The molecule has 0 aliphatic heterocycles. The van der Waals surface area contributed by atoms with E-state index in [1.807, 2.05) is 0 Å². The Morgan fingerprint density at radius 3 is 2.33 bits per heavy atom. The van der Waals surface area contributed by atoms with Crippen molar-refractivity contribution in [2.24, 2.45) is 5.92 Å². The highest BCUT2D eigenvalue weighted by atomic mass is 15.2. The Morgan fingerprint density at radius 1 is 1.10 bits per heavy atom. The van der Waals surface area contributed by atoms with Crippen molar-refractivity contribution < 1.29 is 0 Å². The zero-order valence-corrected chi connectivity index (χ0v) is 14.4. The lowest BCUT2D eigenvalue weighted by Crippen LogP contribution is -2.31. The molecule has 1 aromatic heterocycles. The first-order chi connectivity index (χ1) is 10.2. The maximum absolute atomic E-state index is 4.59. The van der Waals surface area contributed by atoms with Gasteiger partial charge in [0.05, 0.1) is 0 Å². The fourth-order valence-corrected chi connectivity index (χ4v) is 2.62. The number of hydrogen-bond donors (Lipinski definition) is 1. The normalized spacial score (nSPS) is 11.0. The van der Waals surface area contributed by atoms with Gasteiger partial charge in [-0.1, -0.05) is 40.5 Å². The van der Waals surface area contributed by atoms with Gasteiger partial charge in [0.15, 0.2) is 0 Å². The van der Waals surface area contributed by atoms with Crippen LogP contribution < -0.4 is 10.2 Å². The highest BCUT2D eigenvalue weighted by Gasteiger charge is 2.17. The van der Waals surface area contributed by atoms with Gasteiger partial charge in [-0.05, 0) is 25.7 Å². The molecule has 0 saturated heterocycles. The molecule has 0 spiro atoms. The Morgan fingerprint density at radius 2 is 1.81 bits per heavy atom. The highest BCUT2D eigenvalue weighted by Crippen LogP contribution is 2.25. The van der Waals surface area contributed by atoms with Gasteiger partial charge in [-0.2, -0.15) is 0 Å². The van der Waals surface area contributed by atoms with E-state index in [0.717, 1.165) is 50.0 Å². The third-order valence-electron chi connectivity index (χ3n) is 4.13. The van der Waals surface area contributed by atoms with Gasteiger partial charge < -0.3 is 10.2 Å². The van der Waals surface area contributed by atoms with E-state index >= 15 is 0 Å². The predicted octanol–water partition coefficient (Wildman–Crippen LogP) is 4.12. The second-order valence-electron chi connectivity index (χ2n) is 5.53. The molecule has 0 atom stereocenters. The van der Waals surface area contributed by atoms with Crippen LogP contribution in [-0.2, 0) is 6.42 Å². The van der Waals surface area contributed by atoms with Crippen LogP contribution in [0.3, 0.4) is 0 Å². The SMILES string of the molecule is CCCNc1ncnc(N(CC)CC(CC)CC)c1CC. The minimum atomic E-state index is 0.733. The summed E-state index contributed by atoms with van der Waals surface area (Å²) >= 11 is 0. The van der Waals surface area contributed by atoms with Gasteiger partial charge >= 0.3 is 0 Å². The van der Waals surface area contributed by atoms with Crippen molar-refractivity contribution in [3.63, 3.8) is 0 Å². The van der Waals surface area contributed by atoms with E-state index in [9.17, 15) is 0 Å². The van der Waals surface area contributed by atoms with Crippen LogP contribution in [0, 0.1) is 5.92 Å². The first kappa shape index (κ1) is 17.7. The van der Waals surface area contributed by atoms with Crippen LogP contribution in [0.1, 0.15) is 59.4 Å². The highest BCUT2D eigenvalue weighted by molar-refractivity contribution is 5.58. The standard InChI is InChI=1S/C17H32N4/c1-6-11-18-16-15(9-4)17(20-13-19-16)21(10-5)12-14(7-2)8-3/h13-14H,6-12H2,1-5H3,(H,18,19,20). The summed E-state index contributed by atoms with van der Waals surface area (Å²) in [6.45, 7) is 14.2. The van der Waals surface area contributed by atoms with Crippen molar-refractivity contribution in [2.75, 3.05) is 29.9 Å². The van der Waals surface area contributed by atoms with Crippen molar-refractivity contribution >= 4 is 11.6 Å². The van der Waals surface area contributed by atoms with Crippen LogP contribution in [-0.4, -0.2) is 29.6 Å². The molecule has 4 heteroatoms. The monoisotopic (exact) mass is 292 g/mol. The molecule has 0 fully saturated rings. The largest absolute Gasteiger partial charge is 0.370 e. The molecule has 1 rings (SSSR count). The molecule has 0 radical (unpaired) electrons. The maximum atomic E-state index is 4.59. The van der Waals surface area contributed by atoms with Gasteiger partial charge in [0.1, 0.15) is 18.0 Å². The zero-order chi connectivity index (χ0) is 15.7. The van der Waals surface area contributed by atoms with Gasteiger partial charge in [-0.15, -0.1) is 0 Å². The quantitative estimate of drug-likeness (QED) is 0.704. The Bertz CT molecular complexity index is 402. The average Bonchev–Trinajstić information content (AvgIpc) is 2.53. The third-order valence-corrected chi connectivity index (χ3v) is 4.13. The predicted molar refractivity (Wildman–Crippen MR) is 92.1 cm³/mol. The number of nitrogens with zero attached hydrogens (tertiary/aromatic N) is 3. The van der Waals surface area contributed by atoms with Crippen LogP contribution in [0.4, 0.5) is 11.6 Å². The van der Waals surface area contributed by atoms with Crippen LogP contribution in [0.15, 0.2) is 6.33 Å². The maximum Gasteiger partial charge on any atom is 0.137 e. The fraction of sp³-hybridized carbons (Fsp3) is 0.765. The van der Waals surface area contributed by atoms with Crippen LogP contribution in [0.2, 0.25) is 0 Å². The molecule has 4 nitrogen and oxygen atoms in total. The Labute approximate surface area is 130 Å². The van der Waals surface area contributed by atoms with E-state index < -0.39 is 0 Å². The van der Waals surface area contributed by atoms with E-state index in [4.69, 9.17) is 0 Å². The number of hydrogen-bond acceptors (Lipinski definition) is 4. The minimum Gasteiger partial charge on any atom is -0.370 e. The van der Waals surface area contributed by atoms with Gasteiger partial charge in [-0.25, -0.2) is 9.97 Å². The van der Waals surface area contributed by atoms with Crippen molar-refractivity contribution in [2.45, 2.75) is 60.3 Å². The van der Waals surface area contributed by atoms with E-state index in [1.165, 1.54) is 18.4 Å². The molecule has 120 valence electrons. The summed E-state index contributed by atoms with van der Waals surface area (Å²) in [6.07, 6.45) is 6.21. The van der Waals surface area contributed by atoms with Crippen molar-refractivity contribution in [1.29, 1.82) is 0 Å².